The van der Waals surface area contributed by atoms with E-state index in [1.54, 1.807) is 19.2 Å². The number of hydrogen-bond donors (Lipinski definition) is 1. The lowest BCUT2D eigenvalue weighted by molar-refractivity contribution is 0.156. The summed E-state index contributed by atoms with van der Waals surface area (Å²) in [4.78, 5) is 1.42. The Morgan fingerprint density at radius 1 is 1.47 bits per heavy atom. The smallest absolute Gasteiger partial charge is 0.255 e. The third kappa shape index (κ3) is 3.90. The largest absolute Gasteiger partial charge is 0.368 e. The van der Waals surface area contributed by atoms with Crippen molar-refractivity contribution in [2.24, 2.45) is 0 Å². The Bertz CT molecular complexity index is 478. The number of halogens is 2. The standard InChI is InChI=1S/C14H17F2N3/c1-19(9-14(15)16)13-5-2-10(6-11(13)7-17)8-18-12-3-4-12/h2,5-6,12,14,18H,3-4,8-9H2,1H3. The van der Waals surface area contributed by atoms with Crippen molar-refractivity contribution in [3.63, 3.8) is 0 Å². The first-order chi connectivity index (χ1) is 9.10. The molecule has 0 bridgehead atoms. The van der Waals surface area contributed by atoms with Crippen LogP contribution in [0.5, 0.6) is 0 Å². The molecule has 0 unspecified atom stereocenters. The van der Waals surface area contributed by atoms with Crippen molar-refractivity contribution in [1.29, 1.82) is 5.26 Å². The van der Waals surface area contributed by atoms with Gasteiger partial charge in [-0.2, -0.15) is 5.26 Å². The molecule has 0 amide bonds. The fraction of sp³-hybridized carbons (Fsp3) is 0.500. The Kier molecular flexibility index (Phi) is 4.33. The van der Waals surface area contributed by atoms with Crippen molar-refractivity contribution in [3.05, 3.63) is 29.3 Å². The zero-order valence-corrected chi connectivity index (χ0v) is 10.9. The van der Waals surface area contributed by atoms with Crippen LogP contribution in [0.15, 0.2) is 18.2 Å². The molecule has 1 aliphatic rings. The molecular formula is C14H17F2N3. The monoisotopic (exact) mass is 265 g/mol. The zero-order valence-electron chi connectivity index (χ0n) is 10.9. The van der Waals surface area contributed by atoms with Gasteiger partial charge in [0.25, 0.3) is 6.43 Å². The first-order valence-electron chi connectivity index (χ1n) is 6.36. The van der Waals surface area contributed by atoms with Gasteiger partial charge >= 0.3 is 0 Å². The molecule has 19 heavy (non-hydrogen) atoms. The van der Waals surface area contributed by atoms with Crippen molar-refractivity contribution in [2.75, 3.05) is 18.5 Å². The minimum absolute atomic E-state index is 0.367. The van der Waals surface area contributed by atoms with E-state index in [0.717, 1.165) is 12.1 Å². The minimum atomic E-state index is -2.41. The van der Waals surface area contributed by atoms with Gasteiger partial charge in [-0.05, 0) is 30.5 Å². The summed E-state index contributed by atoms with van der Waals surface area (Å²) in [5, 5.41) is 12.5. The second-order valence-electron chi connectivity index (χ2n) is 4.89. The van der Waals surface area contributed by atoms with Gasteiger partial charge in [-0.15, -0.1) is 0 Å². The van der Waals surface area contributed by atoms with Gasteiger partial charge in [-0.1, -0.05) is 6.07 Å². The van der Waals surface area contributed by atoms with E-state index >= 15 is 0 Å². The van der Waals surface area contributed by atoms with Gasteiger partial charge in [0.15, 0.2) is 0 Å². The molecule has 102 valence electrons. The molecule has 0 aromatic heterocycles. The lowest BCUT2D eigenvalue weighted by Crippen LogP contribution is -2.25. The molecule has 2 rings (SSSR count). The summed E-state index contributed by atoms with van der Waals surface area (Å²) in [5.41, 5.74) is 2.01. The molecule has 1 fully saturated rings. The number of anilines is 1. The third-order valence-corrected chi connectivity index (χ3v) is 3.18. The van der Waals surface area contributed by atoms with Crippen LogP contribution in [0.2, 0.25) is 0 Å². The summed E-state index contributed by atoms with van der Waals surface area (Å²) in [6.07, 6.45) is 0.00781. The molecule has 0 radical (unpaired) electrons. The first-order valence-corrected chi connectivity index (χ1v) is 6.36. The van der Waals surface area contributed by atoms with E-state index in [-0.39, 0.29) is 6.54 Å². The minimum Gasteiger partial charge on any atom is -0.368 e. The number of alkyl halides is 2. The van der Waals surface area contributed by atoms with Crippen molar-refractivity contribution in [2.45, 2.75) is 31.9 Å². The Balaban J connectivity index is 2.08. The molecule has 5 heteroatoms. The maximum absolute atomic E-state index is 12.4. The van der Waals surface area contributed by atoms with Gasteiger partial charge in [-0.25, -0.2) is 8.78 Å². The SMILES string of the molecule is CN(CC(F)F)c1ccc(CNC2CC2)cc1C#N. The molecule has 1 aromatic carbocycles. The Morgan fingerprint density at radius 3 is 2.79 bits per heavy atom. The molecule has 1 aliphatic carbocycles. The van der Waals surface area contributed by atoms with Gasteiger partial charge in [-0.3, -0.25) is 0 Å². The van der Waals surface area contributed by atoms with E-state index in [2.05, 4.69) is 11.4 Å². The maximum atomic E-state index is 12.4. The molecule has 3 nitrogen and oxygen atoms in total. The van der Waals surface area contributed by atoms with Crippen LogP contribution in [0.25, 0.3) is 0 Å². The van der Waals surface area contributed by atoms with Crippen LogP contribution in [0.3, 0.4) is 0 Å². The van der Waals surface area contributed by atoms with Gasteiger partial charge in [0.2, 0.25) is 0 Å². The Hall–Kier alpha value is -1.67. The van der Waals surface area contributed by atoms with Crippen LogP contribution in [0, 0.1) is 11.3 Å². The number of nitrogens with zero attached hydrogens (tertiary/aromatic N) is 2. The molecule has 0 heterocycles. The van der Waals surface area contributed by atoms with Gasteiger partial charge in [0, 0.05) is 19.6 Å². The lowest BCUT2D eigenvalue weighted by Gasteiger charge is -2.20. The van der Waals surface area contributed by atoms with Crippen LogP contribution in [0.1, 0.15) is 24.0 Å². The van der Waals surface area contributed by atoms with E-state index in [9.17, 15) is 8.78 Å². The lowest BCUT2D eigenvalue weighted by atomic mass is 10.1. The normalized spacial score (nSPS) is 14.5. The summed E-state index contributed by atoms with van der Waals surface area (Å²) in [5.74, 6) is 0. The summed E-state index contributed by atoms with van der Waals surface area (Å²) in [7, 11) is 1.57. The van der Waals surface area contributed by atoms with Crippen LogP contribution in [-0.4, -0.2) is 26.1 Å². The summed E-state index contributed by atoms with van der Waals surface area (Å²) < 4.78 is 24.7. The number of rotatable bonds is 6. The molecule has 0 saturated heterocycles. The van der Waals surface area contributed by atoms with E-state index < -0.39 is 6.43 Å². The van der Waals surface area contributed by atoms with Crippen LogP contribution >= 0.6 is 0 Å². The van der Waals surface area contributed by atoms with Crippen LogP contribution in [0.4, 0.5) is 14.5 Å². The molecule has 1 aromatic rings. The highest BCUT2D eigenvalue weighted by Crippen LogP contribution is 2.23. The summed E-state index contributed by atoms with van der Waals surface area (Å²) in [6, 6.07) is 8.08. The fourth-order valence-corrected chi connectivity index (χ4v) is 1.97. The van der Waals surface area contributed by atoms with Crippen LogP contribution in [-0.2, 0) is 6.54 Å². The van der Waals surface area contributed by atoms with E-state index in [4.69, 9.17) is 5.26 Å². The second kappa shape index (κ2) is 5.98. The van der Waals surface area contributed by atoms with Crippen molar-refractivity contribution in [3.8, 4) is 6.07 Å². The first kappa shape index (κ1) is 13.8. The van der Waals surface area contributed by atoms with Crippen LogP contribution < -0.4 is 10.2 Å². The maximum Gasteiger partial charge on any atom is 0.255 e. The average Bonchev–Trinajstić information content (AvgIpc) is 3.19. The van der Waals surface area contributed by atoms with E-state index in [1.807, 2.05) is 6.07 Å². The number of nitriles is 1. The predicted molar refractivity (Wildman–Crippen MR) is 70.3 cm³/mol. The van der Waals surface area contributed by atoms with Crippen molar-refractivity contribution < 1.29 is 8.78 Å². The molecule has 1 N–H and O–H groups in total. The van der Waals surface area contributed by atoms with Crippen molar-refractivity contribution >= 4 is 5.69 Å². The molecular weight excluding hydrogens is 248 g/mol. The molecule has 1 saturated carbocycles. The number of hydrogen-bond acceptors (Lipinski definition) is 3. The number of benzene rings is 1. The topological polar surface area (TPSA) is 39.1 Å². The second-order valence-corrected chi connectivity index (χ2v) is 4.89. The van der Waals surface area contributed by atoms with Gasteiger partial charge in [0.05, 0.1) is 17.8 Å². The summed E-state index contributed by atoms with van der Waals surface area (Å²) in [6.45, 7) is 0.354. The summed E-state index contributed by atoms with van der Waals surface area (Å²) >= 11 is 0. The predicted octanol–water partition coefficient (Wildman–Crippen LogP) is 2.51. The molecule has 0 spiro atoms. The highest BCUT2D eigenvalue weighted by atomic mass is 19.3. The van der Waals surface area contributed by atoms with Gasteiger partial charge < -0.3 is 10.2 Å². The highest BCUT2D eigenvalue weighted by molar-refractivity contribution is 5.60. The Morgan fingerprint density at radius 2 is 2.21 bits per heavy atom. The quantitative estimate of drug-likeness (QED) is 0.859. The van der Waals surface area contributed by atoms with E-state index in [1.165, 1.54) is 17.7 Å². The zero-order chi connectivity index (χ0) is 13.8. The highest BCUT2D eigenvalue weighted by Gasteiger charge is 2.20. The van der Waals surface area contributed by atoms with Crippen molar-refractivity contribution in [1.82, 2.24) is 5.32 Å². The molecule has 0 atom stereocenters. The van der Waals surface area contributed by atoms with Gasteiger partial charge in [0.1, 0.15) is 6.07 Å². The Labute approximate surface area is 111 Å². The third-order valence-electron chi connectivity index (χ3n) is 3.18. The molecule has 0 aliphatic heterocycles. The average molecular weight is 265 g/mol. The fourth-order valence-electron chi connectivity index (χ4n) is 1.97. The van der Waals surface area contributed by atoms with E-state index in [0.29, 0.717) is 17.3 Å². The number of nitrogens with one attached hydrogen (secondary N) is 1.